The molecule has 24 heteroatoms. The van der Waals surface area contributed by atoms with E-state index < -0.39 is 102 Å². The van der Waals surface area contributed by atoms with E-state index in [-0.39, 0.29) is 76.8 Å². The average molecular weight is 1100 g/mol. The quantitative estimate of drug-likeness (QED) is 0.0346. The molecule has 1 aliphatic rings. The van der Waals surface area contributed by atoms with Crippen molar-refractivity contribution in [3.8, 4) is 0 Å². The van der Waals surface area contributed by atoms with Gasteiger partial charge in [0.25, 0.3) is 0 Å². The summed E-state index contributed by atoms with van der Waals surface area (Å²) in [5.74, 6) is -6.81. The molecule has 0 radical (unpaired) electrons. The minimum absolute atomic E-state index is 0.0316. The Bertz CT molecular complexity index is 3010. The number of nitrogens with one attached hydrogen (secondary N) is 8. The van der Waals surface area contributed by atoms with Crippen LogP contribution in [0.2, 0.25) is 0 Å². The van der Waals surface area contributed by atoms with Gasteiger partial charge in [-0.2, -0.15) is 0 Å². The summed E-state index contributed by atoms with van der Waals surface area (Å²) in [6.45, 7) is 3.27. The predicted octanol–water partition coefficient (Wildman–Crippen LogP) is 0.589. The first-order valence-electron chi connectivity index (χ1n) is 27.0. The molecule has 0 spiro atoms. The number of unbranched alkanes of at least 4 members (excludes halogenated alkanes) is 1. The summed E-state index contributed by atoms with van der Waals surface area (Å²) in [4.78, 5) is 145. The molecule has 0 aliphatic carbocycles. The van der Waals surface area contributed by atoms with Crippen molar-refractivity contribution in [2.75, 3.05) is 27.2 Å². The molecule has 24 nitrogen and oxygen atoms in total. The summed E-state index contributed by atoms with van der Waals surface area (Å²) in [5, 5.41) is 18.9. The number of imidazole rings is 1. The van der Waals surface area contributed by atoms with E-state index in [1.165, 1.54) is 43.3 Å². The number of aliphatic imine (C=N–C) groups is 1. The maximum atomic E-state index is 15.5. The first-order valence-corrected chi connectivity index (χ1v) is 27.0. The summed E-state index contributed by atoms with van der Waals surface area (Å²) in [5.41, 5.74) is 19.7. The highest BCUT2D eigenvalue weighted by Crippen LogP contribution is 2.23. The lowest BCUT2D eigenvalue weighted by atomic mass is 9.98. The van der Waals surface area contributed by atoms with Gasteiger partial charge in [-0.05, 0) is 66.5 Å². The largest absolute Gasteiger partial charge is 0.370 e. The lowest BCUT2D eigenvalue weighted by molar-refractivity contribution is -0.149. The molecule has 428 valence electrons. The number of para-hydroxylation sites is 1. The van der Waals surface area contributed by atoms with E-state index in [9.17, 15) is 28.8 Å². The van der Waals surface area contributed by atoms with Crippen LogP contribution in [-0.2, 0) is 62.4 Å². The van der Waals surface area contributed by atoms with Crippen LogP contribution in [0.1, 0.15) is 88.5 Å². The third kappa shape index (κ3) is 17.1. The molecule has 1 aliphatic heterocycles. The third-order valence-corrected chi connectivity index (χ3v) is 14.2. The van der Waals surface area contributed by atoms with Crippen molar-refractivity contribution in [2.45, 2.75) is 133 Å². The van der Waals surface area contributed by atoms with Crippen LogP contribution < -0.4 is 49.1 Å². The lowest BCUT2D eigenvalue weighted by Crippen LogP contribution is -2.61. The fourth-order valence-corrected chi connectivity index (χ4v) is 9.77. The van der Waals surface area contributed by atoms with Crippen molar-refractivity contribution in [2.24, 2.45) is 22.2 Å². The molecule has 9 amide bonds. The fourth-order valence-electron chi connectivity index (χ4n) is 9.77. The third-order valence-electron chi connectivity index (χ3n) is 14.2. The molecule has 1 saturated heterocycles. The zero-order valence-corrected chi connectivity index (χ0v) is 45.7. The van der Waals surface area contributed by atoms with Crippen LogP contribution >= 0.6 is 0 Å². The molecule has 80 heavy (non-hydrogen) atoms. The minimum Gasteiger partial charge on any atom is -0.370 e. The van der Waals surface area contributed by atoms with E-state index in [1.54, 1.807) is 6.20 Å². The van der Waals surface area contributed by atoms with Crippen LogP contribution in [0, 0.1) is 0 Å². The molecule has 2 aromatic heterocycles. The number of rotatable bonds is 17. The number of carbonyl (C=O) groups is 9. The zero-order chi connectivity index (χ0) is 57.9. The molecule has 0 bridgehead atoms. The van der Waals surface area contributed by atoms with Crippen LogP contribution in [0.15, 0.2) is 90.4 Å². The molecule has 5 aromatic rings. The highest BCUT2D eigenvalue weighted by atomic mass is 16.2. The summed E-state index contributed by atoms with van der Waals surface area (Å²) >= 11 is 0. The first-order chi connectivity index (χ1) is 38.3. The van der Waals surface area contributed by atoms with Gasteiger partial charge in [0.2, 0.25) is 53.2 Å². The number of nitrogens with zero attached hydrogens (tertiary/aromatic N) is 4. The maximum absolute atomic E-state index is 15.5. The number of aromatic amines is 2. The topological polar surface area (TPSA) is 367 Å². The number of nitrogens with two attached hydrogens (primary N) is 3. The molecule has 6 rings (SSSR count). The Labute approximate surface area is 464 Å². The van der Waals surface area contributed by atoms with E-state index in [1.807, 2.05) is 73.7 Å². The number of primary amides is 1. The first kappa shape index (κ1) is 60.4. The summed E-state index contributed by atoms with van der Waals surface area (Å²) < 4.78 is 0. The lowest BCUT2D eigenvalue weighted by Gasteiger charge is -2.36. The Balaban J connectivity index is 1.45. The number of amides is 9. The Kier molecular flexibility index (Phi) is 22.1. The van der Waals surface area contributed by atoms with E-state index in [0.717, 1.165) is 21.7 Å². The van der Waals surface area contributed by atoms with E-state index in [4.69, 9.17) is 17.2 Å². The maximum Gasteiger partial charge on any atom is 0.246 e. The number of likely N-dealkylation sites (N-methyl/N-ethyl adjacent to an activating group) is 2. The van der Waals surface area contributed by atoms with Gasteiger partial charge >= 0.3 is 0 Å². The molecule has 3 aromatic carbocycles. The van der Waals surface area contributed by atoms with Crippen LogP contribution in [0.5, 0.6) is 0 Å². The van der Waals surface area contributed by atoms with E-state index in [0.29, 0.717) is 29.7 Å². The smallest absolute Gasteiger partial charge is 0.246 e. The van der Waals surface area contributed by atoms with Gasteiger partial charge in [-0.25, -0.2) is 4.98 Å². The van der Waals surface area contributed by atoms with Crippen molar-refractivity contribution in [3.05, 3.63) is 102 Å². The van der Waals surface area contributed by atoms with Gasteiger partial charge in [-0.15, -0.1) is 0 Å². The molecule has 3 heterocycles. The number of guanidine groups is 1. The number of aromatic nitrogens is 3. The molecule has 7 atom stereocenters. The second kappa shape index (κ2) is 29.2. The van der Waals surface area contributed by atoms with Crippen LogP contribution in [-0.4, -0.2) is 153 Å². The van der Waals surface area contributed by atoms with Crippen molar-refractivity contribution >= 4 is 80.8 Å². The van der Waals surface area contributed by atoms with Gasteiger partial charge in [0.05, 0.1) is 12.7 Å². The Morgan fingerprint density at radius 3 is 2.23 bits per heavy atom. The van der Waals surface area contributed by atoms with Crippen molar-refractivity contribution in [1.82, 2.24) is 56.7 Å². The molecule has 1 fully saturated rings. The van der Waals surface area contributed by atoms with Gasteiger partial charge in [0.1, 0.15) is 42.3 Å². The summed E-state index contributed by atoms with van der Waals surface area (Å²) in [6.07, 6.45) is 5.80. The molecule has 0 unspecified atom stereocenters. The molecular formula is C56H75N15O9. The second-order valence-corrected chi connectivity index (χ2v) is 20.2. The summed E-state index contributed by atoms with van der Waals surface area (Å²) in [6, 6.07) is 11.2. The Morgan fingerprint density at radius 1 is 0.787 bits per heavy atom. The van der Waals surface area contributed by atoms with Crippen LogP contribution in [0.25, 0.3) is 21.7 Å². The van der Waals surface area contributed by atoms with Gasteiger partial charge < -0.3 is 68.9 Å². The van der Waals surface area contributed by atoms with Gasteiger partial charge in [0, 0.05) is 82.4 Å². The SMILES string of the molecule is CCCC[C@@H](NC(C)=O)C(=O)N[C@H]1CC(=O)NCCCC[C@@H](C(N)=O)NC(=O)[C@H](Cc2c[nH]c3ccccc23)NC(=O)[C@H](CCCN=C(N)N)N(C)C(=O)[C@@H](Cc2ccc3ccccc3c2)N(C)C(=O)[C@H](Cc2cnc[nH]2)NC1=O. The Hall–Kier alpha value is -8.83. The van der Waals surface area contributed by atoms with Crippen LogP contribution in [0.3, 0.4) is 0 Å². The number of hydrogen-bond donors (Lipinski definition) is 11. The van der Waals surface area contributed by atoms with Crippen molar-refractivity contribution < 1.29 is 43.2 Å². The number of fused-ring (bicyclic) bond motifs is 2. The van der Waals surface area contributed by atoms with Gasteiger partial charge in [-0.3, -0.25) is 48.1 Å². The number of hydrogen-bond acceptors (Lipinski definition) is 11. The molecular weight excluding hydrogens is 1030 g/mol. The summed E-state index contributed by atoms with van der Waals surface area (Å²) in [7, 11) is 2.81. The van der Waals surface area contributed by atoms with E-state index in [2.05, 4.69) is 51.8 Å². The highest BCUT2D eigenvalue weighted by molar-refractivity contribution is 5.99. The fraction of sp³-hybridized carbons (Fsp3) is 0.446. The van der Waals surface area contributed by atoms with Gasteiger partial charge in [-0.1, -0.05) is 80.4 Å². The number of benzene rings is 3. The standard InChI is InChI=1S/C56H75N15O9/c1-5-6-17-42(65-33(2)72)50(75)67-44-29-48(73)61-23-12-11-19-41(49(57)74)66-51(76)43(27-37-30-63-40-18-10-9-16-39(37)40)68-53(78)46(20-13-24-62-56(58)59)70(3)55(80)47(26-34-21-22-35-14-7-8-15-36(35)25-34)71(4)54(79)45(69-52(44)77)28-38-31-60-32-64-38/h7-10,14-16,18,21-22,25,30-32,41-47,63H,5-6,11-13,17,19-20,23-24,26-29H2,1-4H3,(H2,57,74)(H,60,64)(H,61,73)(H,65,72)(H,66,76)(H,67,75)(H,68,78)(H,69,77)(H4,58,59,62)/t41-,42+,43-,44-,45-,46-,47+/m0/s1. The zero-order valence-electron chi connectivity index (χ0n) is 45.7. The predicted molar refractivity (Wildman–Crippen MR) is 300 cm³/mol. The van der Waals surface area contributed by atoms with Crippen molar-refractivity contribution in [1.29, 1.82) is 0 Å². The number of carbonyl (C=O) groups excluding carboxylic acids is 9. The second-order valence-electron chi connectivity index (χ2n) is 20.2. The highest BCUT2D eigenvalue weighted by Gasteiger charge is 2.40. The van der Waals surface area contributed by atoms with E-state index >= 15 is 14.4 Å². The minimum atomic E-state index is -1.59. The number of H-pyrrole nitrogens is 2. The van der Waals surface area contributed by atoms with Crippen molar-refractivity contribution in [3.63, 3.8) is 0 Å². The Morgan fingerprint density at radius 2 is 1.51 bits per heavy atom. The molecule has 14 N–H and O–H groups in total. The van der Waals surface area contributed by atoms with Crippen LogP contribution in [0.4, 0.5) is 0 Å². The van der Waals surface area contributed by atoms with Gasteiger partial charge in [0.15, 0.2) is 5.96 Å². The monoisotopic (exact) mass is 1100 g/mol. The molecule has 0 saturated carbocycles. The average Bonchev–Trinajstić information content (AvgIpc) is 4.16. The normalized spacial score (nSPS) is 20.9.